The molecule has 1 atom stereocenters. The van der Waals surface area contributed by atoms with E-state index in [9.17, 15) is 13.2 Å². The molecule has 0 aliphatic carbocycles. The molecule has 0 saturated carbocycles. The summed E-state index contributed by atoms with van der Waals surface area (Å²) in [6.07, 6.45) is 2.70. The van der Waals surface area contributed by atoms with Gasteiger partial charge in [-0.2, -0.15) is 9.40 Å². The molecule has 0 bridgehead atoms. The van der Waals surface area contributed by atoms with Gasteiger partial charge in [0.15, 0.2) is 5.03 Å². The molecule has 106 valence electrons. The lowest BCUT2D eigenvalue weighted by Gasteiger charge is -2.33. The molecule has 7 nitrogen and oxygen atoms in total. The predicted octanol–water partition coefficient (Wildman–Crippen LogP) is -0.291. The number of hydrogen-bond donors (Lipinski definition) is 1. The zero-order valence-electron chi connectivity index (χ0n) is 11.0. The Morgan fingerprint density at radius 2 is 2.26 bits per heavy atom. The van der Waals surface area contributed by atoms with Gasteiger partial charge in [-0.3, -0.25) is 9.48 Å². The third-order valence-corrected chi connectivity index (χ3v) is 5.18. The van der Waals surface area contributed by atoms with Crippen LogP contribution in [-0.4, -0.2) is 47.5 Å². The van der Waals surface area contributed by atoms with Crippen LogP contribution in [0.4, 0.5) is 0 Å². The van der Waals surface area contributed by atoms with Crippen molar-refractivity contribution in [2.45, 2.75) is 30.8 Å². The van der Waals surface area contributed by atoms with E-state index in [-0.39, 0.29) is 10.9 Å². The Bertz CT molecular complexity index is 566. The third kappa shape index (κ3) is 2.50. The second-order valence-corrected chi connectivity index (χ2v) is 6.34. The van der Waals surface area contributed by atoms with Crippen LogP contribution >= 0.6 is 0 Å². The Balaban J connectivity index is 2.38. The first-order valence-electron chi connectivity index (χ1n) is 6.26. The van der Waals surface area contributed by atoms with Gasteiger partial charge in [0.25, 0.3) is 10.0 Å². The molecule has 1 N–H and O–H groups in total. The zero-order chi connectivity index (χ0) is 14.0. The SMILES string of the molecule is CCCC1C(=O)NCCN1S(=O)(=O)c1ccnn1C. The van der Waals surface area contributed by atoms with E-state index in [0.717, 1.165) is 6.42 Å². The number of sulfonamides is 1. The van der Waals surface area contributed by atoms with Gasteiger partial charge in [-0.05, 0) is 12.5 Å². The molecule has 1 aromatic heterocycles. The van der Waals surface area contributed by atoms with Crippen LogP contribution in [0.25, 0.3) is 0 Å². The molecule has 1 aromatic rings. The first-order valence-corrected chi connectivity index (χ1v) is 7.70. The highest BCUT2D eigenvalue weighted by molar-refractivity contribution is 7.89. The average molecular weight is 286 g/mol. The number of nitrogens with one attached hydrogen (secondary N) is 1. The lowest BCUT2D eigenvalue weighted by molar-refractivity contribution is -0.126. The van der Waals surface area contributed by atoms with Gasteiger partial charge < -0.3 is 5.32 Å². The van der Waals surface area contributed by atoms with E-state index in [0.29, 0.717) is 19.5 Å². The molecule has 1 aliphatic rings. The van der Waals surface area contributed by atoms with E-state index in [4.69, 9.17) is 0 Å². The molecular weight excluding hydrogens is 268 g/mol. The molecule has 1 unspecified atom stereocenters. The number of aromatic nitrogens is 2. The van der Waals surface area contributed by atoms with Crippen LogP contribution in [0.2, 0.25) is 0 Å². The van der Waals surface area contributed by atoms with Gasteiger partial charge in [-0.25, -0.2) is 8.42 Å². The summed E-state index contributed by atoms with van der Waals surface area (Å²) in [5, 5.41) is 6.70. The molecule has 1 aliphatic heterocycles. The van der Waals surface area contributed by atoms with Crippen molar-refractivity contribution in [3.8, 4) is 0 Å². The van der Waals surface area contributed by atoms with Crippen LogP contribution < -0.4 is 5.32 Å². The number of rotatable bonds is 4. The van der Waals surface area contributed by atoms with Gasteiger partial charge in [0.05, 0.1) is 6.20 Å². The van der Waals surface area contributed by atoms with E-state index in [1.807, 2.05) is 6.92 Å². The molecule has 1 saturated heterocycles. The fourth-order valence-electron chi connectivity index (χ4n) is 2.26. The number of nitrogens with zero attached hydrogens (tertiary/aromatic N) is 3. The van der Waals surface area contributed by atoms with Gasteiger partial charge in [0, 0.05) is 20.1 Å². The maximum Gasteiger partial charge on any atom is 0.260 e. The molecule has 0 spiro atoms. The monoisotopic (exact) mass is 286 g/mol. The number of amides is 1. The topological polar surface area (TPSA) is 84.3 Å². The molecular formula is C11H18N4O3S. The van der Waals surface area contributed by atoms with Crippen molar-refractivity contribution in [2.24, 2.45) is 7.05 Å². The highest BCUT2D eigenvalue weighted by Crippen LogP contribution is 2.21. The first-order chi connectivity index (χ1) is 8.98. The van der Waals surface area contributed by atoms with Gasteiger partial charge in [0.1, 0.15) is 6.04 Å². The van der Waals surface area contributed by atoms with E-state index >= 15 is 0 Å². The quantitative estimate of drug-likeness (QED) is 0.824. The summed E-state index contributed by atoms with van der Waals surface area (Å²) in [6.45, 7) is 2.57. The summed E-state index contributed by atoms with van der Waals surface area (Å²) in [5.74, 6) is -0.223. The Hall–Kier alpha value is -1.41. The fraction of sp³-hybridized carbons (Fsp3) is 0.636. The Morgan fingerprint density at radius 3 is 2.84 bits per heavy atom. The zero-order valence-corrected chi connectivity index (χ0v) is 11.9. The molecule has 1 amide bonds. The molecule has 2 rings (SSSR count). The van der Waals surface area contributed by atoms with Crippen molar-refractivity contribution in [3.63, 3.8) is 0 Å². The first kappa shape index (κ1) is 14.0. The van der Waals surface area contributed by atoms with Crippen molar-refractivity contribution in [1.82, 2.24) is 19.4 Å². The van der Waals surface area contributed by atoms with Crippen LogP contribution in [0.15, 0.2) is 17.3 Å². The summed E-state index contributed by atoms with van der Waals surface area (Å²) < 4.78 is 27.8. The summed E-state index contributed by atoms with van der Waals surface area (Å²) in [4.78, 5) is 11.9. The molecule has 2 heterocycles. The number of piperazine rings is 1. The van der Waals surface area contributed by atoms with Crippen LogP contribution in [0.1, 0.15) is 19.8 Å². The normalized spacial score (nSPS) is 21.4. The van der Waals surface area contributed by atoms with Crippen molar-refractivity contribution in [1.29, 1.82) is 0 Å². The largest absolute Gasteiger partial charge is 0.353 e. The molecule has 19 heavy (non-hydrogen) atoms. The second-order valence-electron chi connectivity index (χ2n) is 4.50. The van der Waals surface area contributed by atoms with Crippen molar-refractivity contribution in [2.75, 3.05) is 13.1 Å². The van der Waals surface area contributed by atoms with Gasteiger partial charge in [-0.1, -0.05) is 13.3 Å². The van der Waals surface area contributed by atoms with Crippen molar-refractivity contribution in [3.05, 3.63) is 12.3 Å². The molecule has 0 radical (unpaired) electrons. The summed E-state index contributed by atoms with van der Waals surface area (Å²) >= 11 is 0. The summed E-state index contributed by atoms with van der Waals surface area (Å²) in [5.41, 5.74) is 0. The Labute approximate surface area is 112 Å². The smallest absolute Gasteiger partial charge is 0.260 e. The van der Waals surface area contributed by atoms with Crippen LogP contribution in [0, 0.1) is 0 Å². The van der Waals surface area contributed by atoms with E-state index in [2.05, 4.69) is 10.4 Å². The van der Waals surface area contributed by atoms with E-state index < -0.39 is 16.1 Å². The number of carbonyl (C=O) groups excluding carboxylic acids is 1. The minimum atomic E-state index is -3.68. The molecule has 1 fully saturated rings. The minimum Gasteiger partial charge on any atom is -0.353 e. The highest BCUT2D eigenvalue weighted by atomic mass is 32.2. The summed E-state index contributed by atoms with van der Waals surface area (Å²) in [6, 6.07) is 0.823. The molecule has 8 heteroatoms. The van der Waals surface area contributed by atoms with Gasteiger partial charge >= 0.3 is 0 Å². The van der Waals surface area contributed by atoms with Crippen LogP contribution in [0.3, 0.4) is 0 Å². The number of carbonyl (C=O) groups is 1. The van der Waals surface area contributed by atoms with E-state index in [1.165, 1.54) is 21.3 Å². The van der Waals surface area contributed by atoms with Crippen molar-refractivity contribution >= 4 is 15.9 Å². The van der Waals surface area contributed by atoms with E-state index in [1.54, 1.807) is 7.05 Å². The number of hydrogen-bond acceptors (Lipinski definition) is 4. The second kappa shape index (κ2) is 5.30. The summed E-state index contributed by atoms with van der Waals surface area (Å²) in [7, 11) is -2.11. The minimum absolute atomic E-state index is 0.114. The highest BCUT2D eigenvalue weighted by Gasteiger charge is 2.38. The number of aryl methyl sites for hydroxylation is 1. The van der Waals surface area contributed by atoms with Gasteiger partial charge in [0.2, 0.25) is 5.91 Å². The average Bonchev–Trinajstić information content (AvgIpc) is 2.79. The maximum atomic E-state index is 12.6. The third-order valence-electron chi connectivity index (χ3n) is 3.19. The lowest BCUT2D eigenvalue weighted by atomic mass is 10.1. The standard InChI is InChI=1S/C11H18N4O3S/c1-3-4-9-11(16)12-7-8-15(9)19(17,18)10-5-6-13-14(10)2/h5-6,9H,3-4,7-8H2,1-2H3,(H,12,16). The molecule has 0 aromatic carbocycles. The van der Waals surface area contributed by atoms with Crippen molar-refractivity contribution < 1.29 is 13.2 Å². The Morgan fingerprint density at radius 1 is 1.53 bits per heavy atom. The van der Waals surface area contributed by atoms with Crippen LogP contribution in [0.5, 0.6) is 0 Å². The maximum absolute atomic E-state index is 12.6. The van der Waals surface area contributed by atoms with Crippen LogP contribution in [-0.2, 0) is 21.9 Å². The van der Waals surface area contributed by atoms with Gasteiger partial charge in [-0.15, -0.1) is 0 Å². The Kier molecular flexibility index (Phi) is 3.91. The lowest BCUT2D eigenvalue weighted by Crippen LogP contribution is -2.57. The predicted molar refractivity (Wildman–Crippen MR) is 68.8 cm³/mol. The fourth-order valence-corrected chi connectivity index (χ4v) is 3.99.